The Morgan fingerprint density at radius 2 is 2.00 bits per heavy atom. The molecule has 1 saturated heterocycles. The third-order valence-corrected chi connectivity index (χ3v) is 7.01. The molecule has 2 fully saturated rings. The lowest BCUT2D eigenvalue weighted by atomic mass is 9.92. The number of carbonyl (C=O) groups excluding carboxylic acids is 1. The maximum atomic E-state index is 13.6. The van der Waals surface area contributed by atoms with E-state index >= 15 is 0 Å². The average Bonchev–Trinajstić information content (AvgIpc) is 3.38. The first-order valence-electron chi connectivity index (χ1n) is 11.8. The summed E-state index contributed by atoms with van der Waals surface area (Å²) in [6.07, 6.45) is 4.15. The molecule has 1 amide bonds. The molecule has 180 valence electrons. The number of hydrogen-bond donors (Lipinski definition) is 3. The summed E-state index contributed by atoms with van der Waals surface area (Å²) in [5, 5.41) is 2.97. The van der Waals surface area contributed by atoms with Gasteiger partial charge in [0.1, 0.15) is 5.82 Å². The summed E-state index contributed by atoms with van der Waals surface area (Å²) in [5.41, 5.74) is 10.7. The SMILES string of the molecule is Cc1cccc2[nH]c(-c3cncc(C(=O)NC4CCC(F)(F)CC4)c3N3CC[C@](C)(N)C3)nc12. The number of para-hydroxylation sites is 1. The molecular weight excluding hydrogens is 438 g/mol. The molecule has 0 bridgehead atoms. The minimum Gasteiger partial charge on any atom is -0.368 e. The Morgan fingerprint density at radius 3 is 2.68 bits per heavy atom. The van der Waals surface area contributed by atoms with E-state index in [1.165, 1.54) is 0 Å². The molecule has 0 unspecified atom stereocenters. The van der Waals surface area contributed by atoms with Crippen molar-refractivity contribution >= 4 is 22.6 Å². The molecule has 34 heavy (non-hydrogen) atoms. The quantitative estimate of drug-likeness (QED) is 0.534. The van der Waals surface area contributed by atoms with Crippen LogP contribution in [0, 0.1) is 6.92 Å². The number of halogens is 2. The first kappa shape index (κ1) is 22.7. The van der Waals surface area contributed by atoms with Crippen LogP contribution in [0.4, 0.5) is 14.5 Å². The molecule has 1 atom stereocenters. The second kappa shape index (κ2) is 8.30. The molecule has 1 aliphatic heterocycles. The lowest BCUT2D eigenvalue weighted by Gasteiger charge is -2.30. The Kier molecular flexibility index (Phi) is 5.55. The Labute approximate surface area is 197 Å². The average molecular weight is 469 g/mol. The highest BCUT2D eigenvalue weighted by Crippen LogP contribution is 2.37. The van der Waals surface area contributed by atoms with Crippen molar-refractivity contribution in [2.75, 3.05) is 18.0 Å². The number of H-pyrrole nitrogens is 1. The fourth-order valence-electron chi connectivity index (χ4n) is 5.06. The highest BCUT2D eigenvalue weighted by Gasteiger charge is 2.37. The molecule has 2 aromatic heterocycles. The van der Waals surface area contributed by atoms with Crippen LogP contribution >= 0.6 is 0 Å². The number of hydrogen-bond acceptors (Lipinski definition) is 5. The number of anilines is 1. The number of rotatable bonds is 4. The molecule has 2 aliphatic rings. The number of nitrogens with two attached hydrogens (primary N) is 1. The predicted octanol–water partition coefficient (Wildman–Crippen LogP) is 4.17. The first-order valence-corrected chi connectivity index (χ1v) is 11.8. The third kappa shape index (κ3) is 4.36. The van der Waals surface area contributed by atoms with Gasteiger partial charge in [0.25, 0.3) is 5.91 Å². The van der Waals surface area contributed by atoms with E-state index in [9.17, 15) is 13.6 Å². The van der Waals surface area contributed by atoms with Gasteiger partial charge in [-0.25, -0.2) is 13.8 Å². The summed E-state index contributed by atoms with van der Waals surface area (Å²) in [4.78, 5) is 28.1. The number of benzene rings is 1. The van der Waals surface area contributed by atoms with Gasteiger partial charge in [0.2, 0.25) is 5.92 Å². The van der Waals surface area contributed by atoms with Crippen LogP contribution in [-0.2, 0) is 0 Å². The maximum Gasteiger partial charge on any atom is 0.255 e. The number of fused-ring (bicyclic) bond motifs is 1. The molecule has 7 nitrogen and oxygen atoms in total. The van der Waals surface area contributed by atoms with E-state index in [0.29, 0.717) is 24.5 Å². The lowest BCUT2D eigenvalue weighted by Crippen LogP contribution is -2.42. The Bertz CT molecular complexity index is 1230. The Hall–Kier alpha value is -3.07. The molecule has 4 N–H and O–H groups in total. The highest BCUT2D eigenvalue weighted by molar-refractivity contribution is 6.03. The number of aromatic nitrogens is 3. The first-order chi connectivity index (χ1) is 16.1. The van der Waals surface area contributed by atoms with Crippen molar-refractivity contribution in [1.82, 2.24) is 20.3 Å². The van der Waals surface area contributed by atoms with Crippen LogP contribution < -0.4 is 16.0 Å². The zero-order valence-electron chi connectivity index (χ0n) is 19.5. The van der Waals surface area contributed by atoms with E-state index in [4.69, 9.17) is 10.7 Å². The number of aromatic amines is 1. The van der Waals surface area contributed by atoms with E-state index in [-0.39, 0.29) is 43.2 Å². The van der Waals surface area contributed by atoms with Crippen molar-refractivity contribution in [1.29, 1.82) is 0 Å². The van der Waals surface area contributed by atoms with Crippen molar-refractivity contribution < 1.29 is 13.6 Å². The van der Waals surface area contributed by atoms with Gasteiger partial charge in [0.05, 0.1) is 27.8 Å². The summed E-state index contributed by atoms with van der Waals surface area (Å²) >= 11 is 0. The number of nitrogens with zero attached hydrogens (tertiary/aromatic N) is 3. The summed E-state index contributed by atoms with van der Waals surface area (Å²) in [7, 11) is 0. The van der Waals surface area contributed by atoms with Crippen LogP contribution in [0.2, 0.25) is 0 Å². The van der Waals surface area contributed by atoms with Crippen LogP contribution in [-0.4, -0.2) is 51.5 Å². The monoisotopic (exact) mass is 468 g/mol. The predicted molar refractivity (Wildman–Crippen MR) is 128 cm³/mol. The van der Waals surface area contributed by atoms with Gasteiger partial charge in [-0.2, -0.15) is 0 Å². The molecule has 9 heteroatoms. The van der Waals surface area contributed by atoms with Gasteiger partial charge < -0.3 is 20.9 Å². The van der Waals surface area contributed by atoms with Gasteiger partial charge in [-0.15, -0.1) is 0 Å². The number of nitrogens with one attached hydrogen (secondary N) is 2. The van der Waals surface area contributed by atoms with Crippen molar-refractivity contribution in [2.45, 2.75) is 63.5 Å². The molecular formula is C25H30F2N6O. The van der Waals surface area contributed by atoms with Crippen molar-refractivity contribution in [3.8, 4) is 11.4 Å². The number of pyridine rings is 1. The standard InChI is InChI=1S/C25H30F2N6O/c1-15-4-3-5-19-20(15)32-22(31-19)17-12-29-13-18(21(17)33-11-10-24(2,28)14-33)23(34)30-16-6-8-25(26,27)9-7-16/h3-5,12-13,16H,6-11,14,28H2,1-2H3,(H,30,34)(H,31,32)/t24-/m0/s1. The van der Waals surface area contributed by atoms with Gasteiger partial charge in [-0.1, -0.05) is 12.1 Å². The van der Waals surface area contributed by atoms with E-state index in [0.717, 1.165) is 34.3 Å². The zero-order valence-corrected chi connectivity index (χ0v) is 19.5. The fraction of sp³-hybridized carbons (Fsp3) is 0.480. The molecule has 3 aromatic rings. The fourth-order valence-corrected chi connectivity index (χ4v) is 5.06. The maximum absolute atomic E-state index is 13.6. The molecule has 3 heterocycles. The summed E-state index contributed by atoms with van der Waals surface area (Å²) < 4.78 is 27.2. The molecule has 0 radical (unpaired) electrons. The Morgan fingerprint density at radius 1 is 1.24 bits per heavy atom. The topological polar surface area (TPSA) is 99.9 Å². The van der Waals surface area contributed by atoms with Gasteiger partial charge in [-0.05, 0) is 44.7 Å². The summed E-state index contributed by atoms with van der Waals surface area (Å²) in [5.74, 6) is -2.32. The van der Waals surface area contributed by atoms with Crippen LogP contribution in [0.1, 0.15) is 54.9 Å². The van der Waals surface area contributed by atoms with Crippen LogP contribution in [0.25, 0.3) is 22.4 Å². The van der Waals surface area contributed by atoms with Gasteiger partial charge >= 0.3 is 0 Å². The molecule has 0 spiro atoms. The molecule has 1 aliphatic carbocycles. The molecule has 1 saturated carbocycles. The molecule has 1 aromatic carbocycles. The number of imidazole rings is 1. The van der Waals surface area contributed by atoms with E-state index in [2.05, 4.69) is 20.2 Å². The molecule has 5 rings (SSSR count). The van der Waals surface area contributed by atoms with Gasteiger partial charge in [0.15, 0.2) is 0 Å². The van der Waals surface area contributed by atoms with E-state index < -0.39 is 5.92 Å². The largest absolute Gasteiger partial charge is 0.368 e. The van der Waals surface area contributed by atoms with E-state index in [1.54, 1.807) is 12.4 Å². The Balaban J connectivity index is 1.54. The van der Waals surface area contributed by atoms with Crippen LogP contribution in [0.5, 0.6) is 0 Å². The lowest BCUT2D eigenvalue weighted by molar-refractivity contribution is -0.0399. The van der Waals surface area contributed by atoms with Crippen molar-refractivity contribution in [2.24, 2.45) is 5.73 Å². The van der Waals surface area contributed by atoms with Crippen LogP contribution in [0.15, 0.2) is 30.6 Å². The van der Waals surface area contributed by atoms with Crippen molar-refractivity contribution in [3.63, 3.8) is 0 Å². The number of aryl methyl sites for hydroxylation is 1. The zero-order chi connectivity index (χ0) is 24.1. The summed E-state index contributed by atoms with van der Waals surface area (Å²) in [6, 6.07) is 5.66. The normalized spacial score (nSPS) is 22.9. The van der Waals surface area contributed by atoms with Crippen molar-refractivity contribution in [3.05, 3.63) is 41.7 Å². The van der Waals surface area contributed by atoms with Gasteiger partial charge in [0, 0.05) is 49.9 Å². The second-order valence-corrected chi connectivity index (χ2v) is 10.1. The third-order valence-electron chi connectivity index (χ3n) is 7.01. The second-order valence-electron chi connectivity index (χ2n) is 10.1. The smallest absolute Gasteiger partial charge is 0.255 e. The minimum absolute atomic E-state index is 0.209. The van der Waals surface area contributed by atoms with Gasteiger partial charge in [-0.3, -0.25) is 9.78 Å². The highest BCUT2D eigenvalue weighted by atomic mass is 19.3. The number of alkyl halides is 2. The van der Waals surface area contributed by atoms with E-state index in [1.807, 2.05) is 32.0 Å². The summed E-state index contributed by atoms with van der Waals surface area (Å²) in [6.45, 7) is 5.28. The minimum atomic E-state index is -2.64. The number of amides is 1. The number of carbonyl (C=O) groups is 1. The van der Waals surface area contributed by atoms with Crippen LogP contribution in [0.3, 0.4) is 0 Å².